The predicted octanol–water partition coefficient (Wildman–Crippen LogP) is 3.55. The van der Waals surface area contributed by atoms with Crippen LogP contribution in [0.4, 0.5) is 5.82 Å². The van der Waals surface area contributed by atoms with Gasteiger partial charge in [-0.2, -0.15) is 5.26 Å². The van der Waals surface area contributed by atoms with Gasteiger partial charge in [0.2, 0.25) is 5.91 Å². The van der Waals surface area contributed by atoms with Crippen molar-refractivity contribution in [2.24, 2.45) is 5.41 Å². The Bertz CT molecular complexity index is 1040. The van der Waals surface area contributed by atoms with E-state index in [1.54, 1.807) is 7.11 Å². The molecule has 0 unspecified atom stereocenters. The van der Waals surface area contributed by atoms with Crippen molar-refractivity contribution in [2.75, 3.05) is 12.4 Å². The van der Waals surface area contributed by atoms with Gasteiger partial charge in [-0.15, -0.1) is 0 Å². The van der Waals surface area contributed by atoms with Gasteiger partial charge in [0.1, 0.15) is 22.2 Å². The van der Waals surface area contributed by atoms with Crippen molar-refractivity contribution in [2.45, 2.75) is 12.8 Å². The summed E-state index contributed by atoms with van der Waals surface area (Å²) in [5.41, 5.74) is 2.30. The molecule has 0 radical (unpaired) electrons. The van der Waals surface area contributed by atoms with Crippen LogP contribution < -0.4 is 10.1 Å². The van der Waals surface area contributed by atoms with Gasteiger partial charge in [0.05, 0.1) is 19.4 Å². The van der Waals surface area contributed by atoms with Crippen LogP contribution in [0.3, 0.4) is 0 Å². The molecule has 0 saturated heterocycles. The number of carbonyl (C=O) groups is 1. The SMILES string of the molecule is COc1ccc(-c2ccccc2)c2ncc(NC(=O)C3(C#N)CC3)nc12. The number of amides is 1. The number of hydrogen-bond acceptors (Lipinski definition) is 5. The summed E-state index contributed by atoms with van der Waals surface area (Å²) < 4.78 is 5.41. The number of hydrogen-bond donors (Lipinski definition) is 1. The molecule has 1 saturated carbocycles. The van der Waals surface area contributed by atoms with Crippen LogP contribution in [-0.2, 0) is 4.79 Å². The van der Waals surface area contributed by atoms with Crippen molar-refractivity contribution >= 4 is 22.8 Å². The van der Waals surface area contributed by atoms with Gasteiger partial charge in [-0.25, -0.2) is 9.97 Å². The van der Waals surface area contributed by atoms with E-state index in [0.29, 0.717) is 35.4 Å². The maximum atomic E-state index is 12.3. The Morgan fingerprint density at radius 1 is 1.19 bits per heavy atom. The molecule has 1 aliphatic carbocycles. The number of fused-ring (bicyclic) bond motifs is 1. The molecular formula is C20H16N4O2. The summed E-state index contributed by atoms with van der Waals surface area (Å²) in [5.74, 6) is 0.559. The Morgan fingerprint density at radius 3 is 2.62 bits per heavy atom. The quantitative estimate of drug-likeness (QED) is 0.782. The molecule has 0 atom stereocenters. The molecule has 0 aliphatic heterocycles. The van der Waals surface area contributed by atoms with Crippen LogP contribution in [0.25, 0.3) is 22.2 Å². The summed E-state index contributed by atoms with van der Waals surface area (Å²) in [6, 6.07) is 15.7. The smallest absolute Gasteiger partial charge is 0.246 e. The maximum Gasteiger partial charge on any atom is 0.246 e. The molecule has 1 heterocycles. The highest BCUT2D eigenvalue weighted by Gasteiger charge is 2.50. The van der Waals surface area contributed by atoms with Crippen LogP contribution in [0.5, 0.6) is 5.75 Å². The summed E-state index contributed by atoms with van der Waals surface area (Å²) in [6.07, 6.45) is 2.68. The first-order valence-corrected chi connectivity index (χ1v) is 8.29. The zero-order chi connectivity index (χ0) is 18.1. The molecule has 1 fully saturated rings. The van der Waals surface area contributed by atoms with E-state index < -0.39 is 5.41 Å². The molecule has 4 rings (SSSR count). The monoisotopic (exact) mass is 344 g/mol. The molecule has 1 N–H and O–H groups in total. The summed E-state index contributed by atoms with van der Waals surface area (Å²) >= 11 is 0. The molecule has 6 heteroatoms. The number of carbonyl (C=O) groups excluding carboxylic acids is 1. The van der Waals surface area contributed by atoms with Gasteiger partial charge in [0, 0.05) is 5.56 Å². The minimum Gasteiger partial charge on any atom is -0.494 e. The second-order valence-corrected chi connectivity index (χ2v) is 6.28. The Morgan fingerprint density at radius 2 is 1.96 bits per heavy atom. The lowest BCUT2D eigenvalue weighted by molar-refractivity contribution is -0.119. The second-order valence-electron chi connectivity index (χ2n) is 6.28. The standard InChI is InChI=1S/C20H16N4O2/c1-26-15-8-7-14(13-5-3-2-4-6-13)17-18(15)23-16(11-22-17)24-19(25)20(12-21)9-10-20/h2-8,11H,9-10H2,1H3,(H,23,24,25). The fraction of sp³-hybridized carbons (Fsp3) is 0.200. The number of ether oxygens (including phenoxy) is 1. The lowest BCUT2D eigenvalue weighted by atomic mass is 10.0. The molecule has 0 spiro atoms. The summed E-state index contributed by atoms with van der Waals surface area (Å²) in [6.45, 7) is 0. The van der Waals surface area contributed by atoms with Crippen molar-refractivity contribution in [3.05, 3.63) is 48.7 Å². The van der Waals surface area contributed by atoms with E-state index in [1.165, 1.54) is 6.20 Å². The third kappa shape index (κ3) is 2.64. The molecular weight excluding hydrogens is 328 g/mol. The van der Waals surface area contributed by atoms with Gasteiger partial charge in [-0.3, -0.25) is 4.79 Å². The number of methoxy groups -OCH3 is 1. The van der Waals surface area contributed by atoms with E-state index >= 15 is 0 Å². The maximum absolute atomic E-state index is 12.3. The highest BCUT2D eigenvalue weighted by Crippen LogP contribution is 2.45. The summed E-state index contributed by atoms with van der Waals surface area (Å²) in [5, 5.41) is 11.9. The first-order chi connectivity index (χ1) is 12.7. The molecule has 1 aromatic heterocycles. The molecule has 6 nitrogen and oxygen atoms in total. The molecule has 1 aliphatic rings. The Labute approximate surface area is 150 Å². The molecule has 0 bridgehead atoms. The third-order valence-electron chi connectivity index (χ3n) is 4.61. The van der Waals surface area contributed by atoms with E-state index in [2.05, 4.69) is 21.4 Å². The zero-order valence-corrected chi connectivity index (χ0v) is 14.2. The number of aromatic nitrogens is 2. The Balaban J connectivity index is 1.78. The molecule has 1 amide bonds. The van der Waals surface area contributed by atoms with Gasteiger partial charge in [0.25, 0.3) is 0 Å². The van der Waals surface area contributed by atoms with Gasteiger partial charge in [0.15, 0.2) is 5.82 Å². The average Bonchev–Trinajstić information content (AvgIpc) is 3.49. The lowest BCUT2D eigenvalue weighted by Crippen LogP contribution is -2.23. The number of nitriles is 1. The van der Waals surface area contributed by atoms with Crippen LogP contribution in [0.2, 0.25) is 0 Å². The van der Waals surface area contributed by atoms with Crippen molar-refractivity contribution in [1.82, 2.24) is 9.97 Å². The van der Waals surface area contributed by atoms with Crippen molar-refractivity contribution < 1.29 is 9.53 Å². The van der Waals surface area contributed by atoms with Crippen LogP contribution in [0, 0.1) is 16.7 Å². The van der Waals surface area contributed by atoms with Crippen molar-refractivity contribution in [3.8, 4) is 22.9 Å². The van der Waals surface area contributed by atoms with Crippen LogP contribution >= 0.6 is 0 Å². The Kier molecular flexibility index (Phi) is 3.77. The zero-order valence-electron chi connectivity index (χ0n) is 14.2. The van der Waals surface area contributed by atoms with E-state index in [1.807, 2.05) is 42.5 Å². The van der Waals surface area contributed by atoms with E-state index in [0.717, 1.165) is 11.1 Å². The second kappa shape index (κ2) is 6.12. The van der Waals surface area contributed by atoms with Gasteiger partial charge >= 0.3 is 0 Å². The fourth-order valence-corrected chi connectivity index (χ4v) is 2.90. The Hall–Kier alpha value is -3.46. The minimum absolute atomic E-state index is 0.313. The highest BCUT2D eigenvalue weighted by molar-refractivity contribution is 6.00. The van der Waals surface area contributed by atoms with Gasteiger partial charge in [-0.1, -0.05) is 30.3 Å². The van der Waals surface area contributed by atoms with Crippen molar-refractivity contribution in [3.63, 3.8) is 0 Å². The topological polar surface area (TPSA) is 87.9 Å². The minimum atomic E-state index is -0.910. The lowest BCUT2D eigenvalue weighted by Gasteiger charge is -2.12. The molecule has 26 heavy (non-hydrogen) atoms. The number of nitrogens with zero attached hydrogens (tertiary/aromatic N) is 3. The van der Waals surface area contributed by atoms with Gasteiger partial charge < -0.3 is 10.1 Å². The first kappa shape index (κ1) is 16.0. The normalized spacial score (nSPS) is 14.5. The number of anilines is 1. The van der Waals surface area contributed by atoms with E-state index in [-0.39, 0.29) is 5.91 Å². The molecule has 2 aromatic carbocycles. The largest absolute Gasteiger partial charge is 0.494 e. The average molecular weight is 344 g/mol. The number of nitrogens with one attached hydrogen (secondary N) is 1. The van der Waals surface area contributed by atoms with E-state index in [9.17, 15) is 4.79 Å². The van der Waals surface area contributed by atoms with Gasteiger partial charge in [-0.05, 0) is 30.5 Å². The molecule has 128 valence electrons. The van der Waals surface area contributed by atoms with Crippen LogP contribution in [0.1, 0.15) is 12.8 Å². The number of rotatable bonds is 4. The van der Waals surface area contributed by atoms with Crippen molar-refractivity contribution in [1.29, 1.82) is 5.26 Å². The van der Waals surface area contributed by atoms with E-state index in [4.69, 9.17) is 10.00 Å². The predicted molar refractivity (Wildman–Crippen MR) is 97.4 cm³/mol. The fourth-order valence-electron chi connectivity index (χ4n) is 2.90. The highest BCUT2D eigenvalue weighted by atomic mass is 16.5. The summed E-state index contributed by atoms with van der Waals surface area (Å²) in [4.78, 5) is 21.3. The van der Waals surface area contributed by atoms with Crippen LogP contribution in [0.15, 0.2) is 48.7 Å². The van der Waals surface area contributed by atoms with Crippen LogP contribution in [-0.4, -0.2) is 23.0 Å². The number of benzene rings is 2. The molecule has 3 aromatic rings. The third-order valence-corrected chi connectivity index (χ3v) is 4.61. The summed E-state index contributed by atoms with van der Waals surface area (Å²) in [7, 11) is 1.57. The first-order valence-electron chi connectivity index (χ1n) is 8.29.